The molecule has 0 radical (unpaired) electrons. The number of nitrogens with two attached hydrogens (primary N) is 1. The van der Waals surface area contributed by atoms with Crippen molar-refractivity contribution in [2.75, 3.05) is 13.7 Å². The summed E-state index contributed by atoms with van der Waals surface area (Å²) in [5, 5.41) is 0. The Morgan fingerprint density at radius 2 is 2.29 bits per heavy atom. The molecule has 1 heterocycles. The van der Waals surface area contributed by atoms with Gasteiger partial charge < -0.3 is 15.5 Å². The first kappa shape index (κ1) is 11.6. The first-order chi connectivity index (χ1) is 8.26. The van der Waals surface area contributed by atoms with Gasteiger partial charge in [0.05, 0.1) is 19.1 Å². The molecule has 0 fully saturated rings. The predicted molar refractivity (Wildman–Crippen MR) is 63.3 cm³/mol. The van der Waals surface area contributed by atoms with E-state index in [9.17, 15) is 4.39 Å². The van der Waals surface area contributed by atoms with E-state index in [1.165, 1.54) is 13.2 Å². The summed E-state index contributed by atoms with van der Waals surface area (Å²) in [4.78, 5) is 7.19. The summed E-state index contributed by atoms with van der Waals surface area (Å²) in [6.45, 7) is 0.522. The van der Waals surface area contributed by atoms with Gasteiger partial charge in [0.1, 0.15) is 0 Å². The van der Waals surface area contributed by atoms with Crippen molar-refractivity contribution < 1.29 is 9.13 Å². The highest BCUT2D eigenvalue weighted by molar-refractivity contribution is 5.62. The number of aromatic nitrogens is 2. The highest BCUT2D eigenvalue weighted by Gasteiger charge is 2.10. The van der Waals surface area contributed by atoms with Gasteiger partial charge in [-0.1, -0.05) is 0 Å². The van der Waals surface area contributed by atoms with Crippen LogP contribution in [0, 0.1) is 5.82 Å². The molecule has 0 amide bonds. The minimum absolute atomic E-state index is 0.227. The van der Waals surface area contributed by atoms with Gasteiger partial charge in [0.2, 0.25) is 0 Å². The number of hydrogen-bond donors (Lipinski definition) is 2. The summed E-state index contributed by atoms with van der Waals surface area (Å²) in [5.74, 6) is -0.170. The molecular formula is C12H14FN3O. The lowest BCUT2D eigenvalue weighted by molar-refractivity contribution is 0.386. The van der Waals surface area contributed by atoms with Gasteiger partial charge >= 0.3 is 0 Å². The van der Waals surface area contributed by atoms with Crippen LogP contribution in [-0.2, 0) is 6.42 Å². The lowest BCUT2D eigenvalue weighted by Crippen LogP contribution is -2.04. The predicted octanol–water partition coefficient (Wildman–Crippen LogP) is 1.73. The molecule has 0 unspecified atom stereocenters. The summed E-state index contributed by atoms with van der Waals surface area (Å²) < 4.78 is 18.4. The summed E-state index contributed by atoms with van der Waals surface area (Å²) >= 11 is 0. The van der Waals surface area contributed by atoms with Crippen LogP contribution in [-0.4, -0.2) is 23.6 Å². The zero-order valence-corrected chi connectivity index (χ0v) is 9.53. The van der Waals surface area contributed by atoms with E-state index >= 15 is 0 Å². The third-order valence-electron chi connectivity index (χ3n) is 2.54. The van der Waals surface area contributed by atoms with Gasteiger partial charge in [-0.2, -0.15) is 0 Å². The lowest BCUT2D eigenvalue weighted by Gasteiger charge is -2.05. The number of rotatable bonds is 4. The molecule has 2 aromatic rings. The van der Waals surface area contributed by atoms with Gasteiger partial charge in [0.25, 0.3) is 0 Å². The molecule has 90 valence electrons. The van der Waals surface area contributed by atoms with E-state index in [0.717, 1.165) is 11.4 Å². The molecule has 1 aromatic carbocycles. The third-order valence-corrected chi connectivity index (χ3v) is 2.54. The van der Waals surface area contributed by atoms with Gasteiger partial charge in [0.15, 0.2) is 11.6 Å². The Kier molecular flexibility index (Phi) is 3.39. The van der Waals surface area contributed by atoms with Crippen molar-refractivity contribution in [3.05, 3.63) is 36.0 Å². The second kappa shape index (κ2) is 4.97. The number of halogens is 1. The average Bonchev–Trinajstić information content (AvgIpc) is 2.78. The zero-order valence-electron chi connectivity index (χ0n) is 9.53. The number of benzene rings is 1. The molecule has 0 saturated heterocycles. The van der Waals surface area contributed by atoms with E-state index in [4.69, 9.17) is 10.5 Å². The zero-order chi connectivity index (χ0) is 12.3. The van der Waals surface area contributed by atoms with E-state index in [1.54, 1.807) is 18.5 Å². The van der Waals surface area contributed by atoms with Crippen LogP contribution < -0.4 is 10.5 Å². The summed E-state index contributed by atoms with van der Waals surface area (Å²) in [7, 11) is 1.44. The topological polar surface area (TPSA) is 63.9 Å². The molecule has 3 N–H and O–H groups in total. The van der Waals surface area contributed by atoms with Crippen LogP contribution in [0.4, 0.5) is 4.39 Å². The SMILES string of the molecule is COc1ccc(-c2nc[nH]c2CCN)cc1F. The Bertz CT molecular complexity index is 510. The molecule has 4 nitrogen and oxygen atoms in total. The lowest BCUT2D eigenvalue weighted by atomic mass is 10.1. The number of nitrogens with zero attached hydrogens (tertiary/aromatic N) is 1. The number of imidazole rings is 1. The van der Waals surface area contributed by atoms with Crippen LogP contribution in [0.3, 0.4) is 0 Å². The van der Waals surface area contributed by atoms with Crippen molar-refractivity contribution in [2.24, 2.45) is 5.73 Å². The van der Waals surface area contributed by atoms with E-state index in [0.29, 0.717) is 18.5 Å². The number of aromatic amines is 1. The molecule has 0 bridgehead atoms. The van der Waals surface area contributed by atoms with Crippen LogP contribution in [0.5, 0.6) is 5.75 Å². The normalized spacial score (nSPS) is 10.5. The first-order valence-electron chi connectivity index (χ1n) is 5.32. The maximum Gasteiger partial charge on any atom is 0.165 e. The second-order valence-electron chi connectivity index (χ2n) is 3.62. The van der Waals surface area contributed by atoms with Gasteiger partial charge in [-0.15, -0.1) is 0 Å². The van der Waals surface area contributed by atoms with Gasteiger partial charge in [-0.05, 0) is 24.7 Å². The fourth-order valence-electron chi connectivity index (χ4n) is 1.72. The molecule has 0 aliphatic rings. The van der Waals surface area contributed by atoms with E-state index in [1.807, 2.05) is 0 Å². The minimum Gasteiger partial charge on any atom is -0.494 e. The fourth-order valence-corrected chi connectivity index (χ4v) is 1.72. The number of methoxy groups -OCH3 is 1. The van der Waals surface area contributed by atoms with Crippen LogP contribution in [0.25, 0.3) is 11.3 Å². The smallest absolute Gasteiger partial charge is 0.165 e. The Morgan fingerprint density at radius 1 is 1.47 bits per heavy atom. The molecule has 2 rings (SSSR count). The first-order valence-corrected chi connectivity index (χ1v) is 5.32. The highest BCUT2D eigenvalue weighted by Crippen LogP contribution is 2.26. The summed E-state index contributed by atoms with van der Waals surface area (Å²) in [6, 6.07) is 4.78. The molecule has 17 heavy (non-hydrogen) atoms. The van der Waals surface area contributed by atoms with Crippen LogP contribution in [0.1, 0.15) is 5.69 Å². The van der Waals surface area contributed by atoms with E-state index < -0.39 is 5.82 Å². The Morgan fingerprint density at radius 3 is 2.94 bits per heavy atom. The largest absolute Gasteiger partial charge is 0.494 e. The molecule has 0 aliphatic heterocycles. The average molecular weight is 235 g/mol. The van der Waals surface area contributed by atoms with Crippen molar-refractivity contribution in [1.29, 1.82) is 0 Å². The van der Waals surface area contributed by atoms with Crippen molar-refractivity contribution in [2.45, 2.75) is 6.42 Å². The Labute approximate surface area is 98.6 Å². The second-order valence-corrected chi connectivity index (χ2v) is 3.62. The molecule has 0 atom stereocenters. The maximum atomic E-state index is 13.6. The van der Waals surface area contributed by atoms with Crippen LogP contribution in [0.2, 0.25) is 0 Å². The van der Waals surface area contributed by atoms with Crippen LogP contribution in [0.15, 0.2) is 24.5 Å². The van der Waals surface area contributed by atoms with Crippen molar-refractivity contribution in [3.8, 4) is 17.0 Å². The minimum atomic E-state index is -0.397. The molecule has 1 aromatic heterocycles. The van der Waals surface area contributed by atoms with Crippen molar-refractivity contribution in [1.82, 2.24) is 9.97 Å². The van der Waals surface area contributed by atoms with Crippen molar-refractivity contribution >= 4 is 0 Å². The Hall–Kier alpha value is -1.88. The quantitative estimate of drug-likeness (QED) is 0.848. The van der Waals surface area contributed by atoms with Crippen molar-refractivity contribution in [3.63, 3.8) is 0 Å². The van der Waals surface area contributed by atoms with Gasteiger partial charge in [-0.3, -0.25) is 0 Å². The van der Waals surface area contributed by atoms with Crippen LogP contribution >= 0.6 is 0 Å². The number of hydrogen-bond acceptors (Lipinski definition) is 3. The third kappa shape index (κ3) is 2.29. The molecule has 0 saturated carbocycles. The monoisotopic (exact) mass is 235 g/mol. The summed E-state index contributed by atoms with van der Waals surface area (Å²) in [5.41, 5.74) is 7.86. The molecular weight excluding hydrogens is 221 g/mol. The van der Waals surface area contributed by atoms with E-state index in [-0.39, 0.29) is 5.75 Å². The standard InChI is InChI=1S/C12H14FN3O/c1-17-11-3-2-8(6-9(11)13)12-10(4-5-14)15-7-16-12/h2-3,6-7H,4-5,14H2,1H3,(H,15,16). The summed E-state index contributed by atoms with van der Waals surface area (Å²) in [6.07, 6.45) is 2.27. The molecule has 0 spiro atoms. The number of nitrogens with one attached hydrogen (secondary N) is 1. The molecule has 0 aliphatic carbocycles. The van der Waals surface area contributed by atoms with Gasteiger partial charge in [-0.25, -0.2) is 9.37 Å². The van der Waals surface area contributed by atoms with Gasteiger partial charge in [0, 0.05) is 17.7 Å². The molecule has 5 heteroatoms. The highest BCUT2D eigenvalue weighted by atomic mass is 19.1. The number of H-pyrrole nitrogens is 1. The Balaban J connectivity index is 2.39. The maximum absolute atomic E-state index is 13.6. The number of ether oxygens (including phenoxy) is 1. The fraction of sp³-hybridized carbons (Fsp3) is 0.250. The van der Waals surface area contributed by atoms with E-state index in [2.05, 4.69) is 9.97 Å².